The van der Waals surface area contributed by atoms with E-state index >= 15 is 0 Å². The molecule has 2 aromatic carbocycles. The van der Waals surface area contributed by atoms with E-state index in [2.05, 4.69) is 6.58 Å². The molecule has 0 aliphatic rings. The smallest absolute Gasteiger partial charge is 0.134 e. The van der Waals surface area contributed by atoms with Crippen molar-refractivity contribution in [3.8, 4) is 0 Å². The fourth-order valence-electron chi connectivity index (χ4n) is 1.59. The Morgan fingerprint density at radius 2 is 1.93 bits per heavy atom. The van der Waals surface area contributed by atoms with Gasteiger partial charge in [0.2, 0.25) is 0 Å². The Bertz CT molecular complexity index is 472. The van der Waals surface area contributed by atoms with Gasteiger partial charge in [-0.25, -0.2) is 4.39 Å². The molecule has 0 nitrogen and oxygen atoms in total. The molecule has 1 heteroatoms. The molecule has 2 rings (SSSR count). The molecule has 0 heterocycles. The molecule has 2 aromatic rings. The summed E-state index contributed by atoms with van der Waals surface area (Å²) in [7, 11) is 0. The van der Waals surface area contributed by atoms with Crippen LogP contribution in [0.15, 0.2) is 49.1 Å². The third kappa shape index (κ3) is 1.41. The predicted octanol–water partition coefficient (Wildman–Crippen LogP) is 3.71. The summed E-state index contributed by atoms with van der Waals surface area (Å²) in [6.07, 6.45) is 2.30. The van der Waals surface area contributed by atoms with Crippen molar-refractivity contribution >= 4 is 10.8 Å². The molecule has 70 valence electrons. The highest BCUT2D eigenvalue weighted by Gasteiger charge is 2.04. The Morgan fingerprint density at radius 1 is 1.14 bits per heavy atom. The minimum absolute atomic E-state index is 0.122. The van der Waals surface area contributed by atoms with Crippen molar-refractivity contribution in [2.75, 3.05) is 0 Å². The number of halogens is 1. The summed E-state index contributed by atoms with van der Waals surface area (Å²) in [5.41, 5.74) is 0.707. The second kappa shape index (κ2) is 3.62. The van der Waals surface area contributed by atoms with E-state index < -0.39 is 0 Å². The Hall–Kier alpha value is -1.63. The van der Waals surface area contributed by atoms with Crippen LogP contribution >= 0.6 is 0 Å². The molecule has 0 aliphatic heterocycles. The maximum atomic E-state index is 13.8. The second-order valence-electron chi connectivity index (χ2n) is 3.25. The monoisotopic (exact) mass is 186 g/mol. The van der Waals surface area contributed by atoms with Crippen LogP contribution in [0.4, 0.5) is 4.39 Å². The summed E-state index contributed by atoms with van der Waals surface area (Å²) < 4.78 is 13.8. The largest absolute Gasteiger partial charge is 0.206 e. The minimum Gasteiger partial charge on any atom is -0.206 e. The third-order valence-corrected chi connectivity index (χ3v) is 2.31. The first-order valence-electron chi connectivity index (χ1n) is 4.60. The first-order chi connectivity index (χ1) is 6.83. The van der Waals surface area contributed by atoms with E-state index in [0.717, 1.165) is 5.39 Å². The van der Waals surface area contributed by atoms with E-state index in [-0.39, 0.29) is 5.82 Å². The van der Waals surface area contributed by atoms with Gasteiger partial charge in [-0.2, -0.15) is 0 Å². The molecule has 0 spiro atoms. The molecular formula is C13H11F. The summed E-state index contributed by atoms with van der Waals surface area (Å²) in [5.74, 6) is -0.122. The van der Waals surface area contributed by atoms with E-state index in [1.54, 1.807) is 12.1 Å². The zero-order chi connectivity index (χ0) is 9.97. The molecule has 14 heavy (non-hydrogen) atoms. The van der Waals surface area contributed by atoms with E-state index in [1.807, 2.05) is 30.3 Å². The van der Waals surface area contributed by atoms with Crippen LogP contribution in [0.3, 0.4) is 0 Å². The molecule has 0 aliphatic carbocycles. The maximum Gasteiger partial charge on any atom is 0.134 e. The lowest BCUT2D eigenvalue weighted by Crippen LogP contribution is -1.89. The van der Waals surface area contributed by atoms with Gasteiger partial charge in [-0.05, 0) is 17.4 Å². The molecule has 0 unspecified atom stereocenters. The van der Waals surface area contributed by atoms with Crippen LogP contribution in [0.2, 0.25) is 0 Å². The zero-order valence-corrected chi connectivity index (χ0v) is 7.83. The maximum absolute atomic E-state index is 13.8. The van der Waals surface area contributed by atoms with Crippen LogP contribution in [0.1, 0.15) is 5.56 Å². The van der Waals surface area contributed by atoms with Gasteiger partial charge in [0, 0.05) is 5.39 Å². The van der Waals surface area contributed by atoms with E-state index in [1.165, 1.54) is 0 Å². The number of allylic oxidation sites excluding steroid dienone is 1. The summed E-state index contributed by atoms with van der Waals surface area (Å²) in [6, 6.07) is 11.2. The highest BCUT2D eigenvalue weighted by atomic mass is 19.1. The molecular weight excluding hydrogens is 175 g/mol. The van der Waals surface area contributed by atoms with Crippen LogP contribution < -0.4 is 0 Å². The van der Waals surface area contributed by atoms with Gasteiger partial charge in [0.25, 0.3) is 0 Å². The molecule has 0 bridgehead atoms. The molecule has 0 aromatic heterocycles. The Morgan fingerprint density at radius 3 is 2.71 bits per heavy atom. The molecule has 0 saturated heterocycles. The van der Waals surface area contributed by atoms with Crippen molar-refractivity contribution in [1.29, 1.82) is 0 Å². The lowest BCUT2D eigenvalue weighted by atomic mass is 10.0. The van der Waals surface area contributed by atoms with Crippen molar-refractivity contribution in [2.24, 2.45) is 0 Å². The topological polar surface area (TPSA) is 0 Å². The van der Waals surface area contributed by atoms with Gasteiger partial charge in [-0.3, -0.25) is 0 Å². The fourth-order valence-corrected chi connectivity index (χ4v) is 1.59. The fraction of sp³-hybridized carbons (Fsp3) is 0.0769. The zero-order valence-electron chi connectivity index (χ0n) is 7.83. The van der Waals surface area contributed by atoms with Gasteiger partial charge >= 0.3 is 0 Å². The highest BCUT2D eigenvalue weighted by Crippen LogP contribution is 2.21. The molecule has 0 atom stereocenters. The number of fused-ring (bicyclic) bond motifs is 1. The minimum atomic E-state index is -0.122. The van der Waals surface area contributed by atoms with Gasteiger partial charge in [0.05, 0.1) is 0 Å². The van der Waals surface area contributed by atoms with Crippen molar-refractivity contribution in [1.82, 2.24) is 0 Å². The SMILES string of the molecule is C=CCc1ccc2ccccc2c1F. The van der Waals surface area contributed by atoms with Crippen molar-refractivity contribution in [3.63, 3.8) is 0 Å². The molecule has 0 amide bonds. The number of hydrogen-bond acceptors (Lipinski definition) is 0. The second-order valence-corrected chi connectivity index (χ2v) is 3.25. The number of benzene rings is 2. The third-order valence-electron chi connectivity index (χ3n) is 2.31. The molecule has 0 radical (unpaired) electrons. The van der Waals surface area contributed by atoms with Crippen LogP contribution in [-0.4, -0.2) is 0 Å². The average molecular weight is 186 g/mol. The first kappa shape index (κ1) is 8.95. The lowest BCUT2D eigenvalue weighted by molar-refractivity contribution is 0.627. The van der Waals surface area contributed by atoms with Gasteiger partial charge in [0.15, 0.2) is 0 Å². The number of rotatable bonds is 2. The summed E-state index contributed by atoms with van der Waals surface area (Å²) >= 11 is 0. The van der Waals surface area contributed by atoms with E-state index in [9.17, 15) is 4.39 Å². The Balaban J connectivity index is 2.68. The van der Waals surface area contributed by atoms with Gasteiger partial charge < -0.3 is 0 Å². The highest BCUT2D eigenvalue weighted by molar-refractivity contribution is 5.83. The summed E-state index contributed by atoms with van der Waals surface area (Å²) in [5, 5.41) is 1.63. The van der Waals surface area contributed by atoms with Crippen molar-refractivity contribution in [2.45, 2.75) is 6.42 Å². The quantitative estimate of drug-likeness (QED) is 0.627. The van der Waals surface area contributed by atoms with Crippen LogP contribution in [-0.2, 0) is 6.42 Å². The summed E-state index contributed by atoms with van der Waals surface area (Å²) in [4.78, 5) is 0. The van der Waals surface area contributed by atoms with E-state index in [4.69, 9.17) is 0 Å². The van der Waals surface area contributed by atoms with Crippen molar-refractivity contribution in [3.05, 3.63) is 60.4 Å². The normalized spacial score (nSPS) is 10.4. The molecule has 0 N–H and O–H groups in total. The van der Waals surface area contributed by atoms with Gasteiger partial charge in [-0.15, -0.1) is 6.58 Å². The van der Waals surface area contributed by atoms with Crippen LogP contribution in [0.5, 0.6) is 0 Å². The first-order valence-corrected chi connectivity index (χ1v) is 4.60. The number of hydrogen-bond donors (Lipinski definition) is 0. The predicted molar refractivity (Wildman–Crippen MR) is 57.8 cm³/mol. The van der Waals surface area contributed by atoms with Gasteiger partial charge in [-0.1, -0.05) is 42.5 Å². The Kier molecular flexibility index (Phi) is 2.32. The lowest BCUT2D eigenvalue weighted by Gasteiger charge is -2.03. The Labute approximate surface area is 82.7 Å². The average Bonchev–Trinajstić information content (AvgIpc) is 2.23. The van der Waals surface area contributed by atoms with Crippen molar-refractivity contribution < 1.29 is 4.39 Å². The van der Waals surface area contributed by atoms with E-state index in [0.29, 0.717) is 17.4 Å². The molecule has 0 saturated carbocycles. The van der Waals surface area contributed by atoms with Crippen LogP contribution in [0, 0.1) is 5.82 Å². The molecule has 0 fully saturated rings. The van der Waals surface area contributed by atoms with Crippen LogP contribution in [0.25, 0.3) is 10.8 Å². The summed E-state index contributed by atoms with van der Waals surface area (Å²) in [6.45, 7) is 3.61. The standard InChI is InChI=1S/C13H11F/c1-2-5-11-9-8-10-6-3-4-7-12(10)13(11)14/h2-4,6-9H,1,5H2. The van der Waals surface area contributed by atoms with Gasteiger partial charge in [0.1, 0.15) is 5.82 Å².